The Morgan fingerprint density at radius 2 is 1.91 bits per heavy atom. The van der Waals surface area contributed by atoms with Gasteiger partial charge in [-0.15, -0.1) is 0 Å². The highest BCUT2D eigenvalue weighted by molar-refractivity contribution is 5.97. The Hall–Kier alpha value is -1.81. The molecule has 0 bridgehead atoms. The van der Waals surface area contributed by atoms with E-state index in [2.05, 4.69) is 46.1 Å². The van der Waals surface area contributed by atoms with Crippen LogP contribution in [0.3, 0.4) is 0 Å². The second kappa shape index (κ2) is 6.00. The summed E-state index contributed by atoms with van der Waals surface area (Å²) in [6.07, 6.45) is 0.759. The van der Waals surface area contributed by atoms with Crippen LogP contribution >= 0.6 is 0 Å². The number of carbonyl (C=O) groups is 1. The number of nitrogens with two attached hydrogens (primary N) is 1. The molecule has 0 spiro atoms. The second-order valence-electron chi connectivity index (χ2n) is 7.54. The first-order valence-corrected chi connectivity index (χ1v) is 8.20. The molecule has 1 aromatic heterocycles. The molecule has 126 valence electrons. The standard InChI is InChI=1S/C19H28N2O2/c1-11(2)21-12(3)14(7-8-20)15-9-13(18(22)23)10-16(17(15)21)19(4,5)6/h9-11H,7-8,20H2,1-6H3,(H,22,23). The average molecular weight is 316 g/mol. The van der Waals surface area contributed by atoms with E-state index in [1.165, 1.54) is 11.3 Å². The molecule has 0 radical (unpaired) electrons. The smallest absolute Gasteiger partial charge is 0.335 e. The molecule has 1 aromatic carbocycles. The van der Waals surface area contributed by atoms with Gasteiger partial charge in [0.2, 0.25) is 0 Å². The van der Waals surface area contributed by atoms with Crippen LogP contribution in [0.15, 0.2) is 12.1 Å². The summed E-state index contributed by atoms with van der Waals surface area (Å²) in [5.41, 5.74) is 10.6. The van der Waals surface area contributed by atoms with Crippen molar-refractivity contribution in [2.24, 2.45) is 5.73 Å². The molecule has 2 aromatic rings. The zero-order chi connectivity index (χ0) is 17.5. The molecule has 4 heteroatoms. The highest BCUT2D eigenvalue weighted by Gasteiger charge is 2.26. The fourth-order valence-electron chi connectivity index (χ4n) is 3.43. The predicted octanol–water partition coefficient (Wildman–Crippen LogP) is 4.03. The van der Waals surface area contributed by atoms with Gasteiger partial charge in [-0.2, -0.15) is 0 Å². The maximum Gasteiger partial charge on any atom is 0.335 e. The Morgan fingerprint density at radius 1 is 1.30 bits per heavy atom. The minimum absolute atomic E-state index is 0.138. The van der Waals surface area contributed by atoms with Crippen molar-refractivity contribution in [3.05, 3.63) is 34.5 Å². The molecule has 0 saturated heterocycles. The van der Waals surface area contributed by atoms with E-state index in [1.54, 1.807) is 0 Å². The maximum atomic E-state index is 11.6. The summed E-state index contributed by atoms with van der Waals surface area (Å²) in [6.45, 7) is 13.4. The number of nitrogens with zero attached hydrogens (tertiary/aromatic N) is 1. The Morgan fingerprint density at radius 3 is 2.35 bits per heavy atom. The van der Waals surface area contributed by atoms with Crippen molar-refractivity contribution in [3.8, 4) is 0 Å². The van der Waals surface area contributed by atoms with Gasteiger partial charge in [-0.3, -0.25) is 0 Å². The Labute approximate surface area is 138 Å². The molecule has 0 amide bonds. The summed E-state index contributed by atoms with van der Waals surface area (Å²) in [6, 6.07) is 3.94. The highest BCUT2D eigenvalue weighted by atomic mass is 16.4. The van der Waals surface area contributed by atoms with Crippen molar-refractivity contribution in [1.82, 2.24) is 4.57 Å². The van der Waals surface area contributed by atoms with Crippen molar-refractivity contribution < 1.29 is 9.90 Å². The third kappa shape index (κ3) is 3.00. The number of aromatic carboxylic acids is 1. The number of hydrogen-bond acceptors (Lipinski definition) is 2. The molecule has 3 N–H and O–H groups in total. The molecule has 23 heavy (non-hydrogen) atoms. The molecular weight excluding hydrogens is 288 g/mol. The monoisotopic (exact) mass is 316 g/mol. The van der Waals surface area contributed by atoms with Crippen molar-refractivity contribution in [1.29, 1.82) is 0 Å². The van der Waals surface area contributed by atoms with Crippen LogP contribution in [-0.4, -0.2) is 22.2 Å². The molecular formula is C19H28N2O2. The number of rotatable bonds is 4. The summed E-state index contributed by atoms with van der Waals surface area (Å²) in [5, 5.41) is 10.5. The van der Waals surface area contributed by atoms with Crippen LogP contribution in [0, 0.1) is 6.92 Å². The number of fused-ring (bicyclic) bond motifs is 1. The lowest BCUT2D eigenvalue weighted by molar-refractivity contribution is 0.0697. The summed E-state index contributed by atoms with van der Waals surface area (Å²) in [5.74, 6) is -0.883. The first-order chi connectivity index (χ1) is 10.6. The lowest BCUT2D eigenvalue weighted by Crippen LogP contribution is -2.16. The van der Waals surface area contributed by atoms with Gasteiger partial charge in [0.25, 0.3) is 0 Å². The van der Waals surface area contributed by atoms with E-state index in [1.807, 2.05) is 12.1 Å². The number of carboxylic acids is 1. The predicted molar refractivity (Wildman–Crippen MR) is 95.5 cm³/mol. The maximum absolute atomic E-state index is 11.6. The van der Waals surface area contributed by atoms with Gasteiger partial charge in [0.15, 0.2) is 0 Å². The first-order valence-electron chi connectivity index (χ1n) is 8.20. The van der Waals surface area contributed by atoms with Crippen molar-refractivity contribution in [2.45, 2.75) is 59.4 Å². The van der Waals surface area contributed by atoms with Crippen LogP contribution in [0.4, 0.5) is 0 Å². The van der Waals surface area contributed by atoms with Crippen LogP contribution in [0.25, 0.3) is 10.9 Å². The third-order valence-corrected chi connectivity index (χ3v) is 4.44. The zero-order valence-electron chi connectivity index (χ0n) is 15.0. The number of aromatic nitrogens is 1. The van der Waals surface area contributed by atoms with Gasteiger partial charge in [0.05, 0.1) is 11.1 Å². The molecule has 2 rings (SSSR count). The molecule has 1 heterocycles. The normalized spacial score (nSPS) is 12.3. The SMILES string of the molecule is Cc1c(CCN)c2cc(C(=O)O)cc(C(C)(C)C)c2n1C(C)C. The van der Waals surface area contributed by atoms with Crippen LogP contribution in [0.1, 0.15) is 67.8 Å². The van der Waals surface area contributed by atoms with Gasteiger partial charge in [-0.05, 0) is 62.4 Å². The van der Waals surface area contributed by atoms with Gasteiger partial charge >= 0.3 is 5.97 Å². The van der Waals surface area contributed by atoms with E-state index in [4.69, 9.17) is 5.73 Å². The van der Waals surface area contributed by atoms with Gasteiger partial charge in [0, 0.05) is 17.1 Å². The van der Waals surface area contributed by atoms with E-state index in [9.17, 15) is 9.90 Å². The lowest BCUT2D eigenvalue weighted by Gasteiger charge is -2.24. The average Bonchev–Trinajstić information content (AvgIpc) is 2.70. The lowest BCUT2D eigenvalue weighted by atomic mass is 9.84. The minimum Gasteiger partial charge on any atom is -0.478 e. The number of benzene rings is 1. The van der Waals surface area contributed by atoms with Crippen LogP contribution < -0.4 is 5.73 Å². The van der Waals surface area contributed by atoms with Crippen LogP contribution in [-0.2, 0) is 11.8 Å². The first kappa shape index (κ1) is 17.5. The molecule has 4 nitrogen and oxygen atoms in total. The molecule has 0 aliphatic heterocycles. The van der Waals surface area contributed by atoms with Gasteiger partial charge < -0.3 is 15.4 Å². The molecule has 0 aliphatic carbocycles. The molecule has 0 fully saturated rings. The minimum atomic E-state index is -0.883. The van der Waals surface area contributed by atoms with Crippen molar-refractivity contribution in [2.75, 3.05) is 6.54 Å². The van der Waals surface area contributed by atoms with Crippen molar-refractivity contribution >= 4 is 16.9 Å². The van der Waals surface area contributed by atoms with Crippen molar-refractivity contribution in [3.63, 3.8) is 0 Å². The quantitative estimate of drug-likeness (QED) is 0.895. The van der Waals surface area contributed by atoms with Gasteiger partial charge in [-0.1, -0.05) is 20.8 Å². The summed E-state index contributed by atoms with van der Waals surface area (Å²) in [7, 11) is 0. The summed E-state index contributed by atoms with van der Waals surface area (Å²) >= 11 is 0. The topological polar surface area (TPSA) is 68.2 Å². The second-order valence-corrected chi connectivity index (χ2v) is 7.54. The summed E-state index contributed by atoms with van der Waals surface area (Å²) in [4.78, 5) is 11.6. The molecule has 0 aliphatic rings. The molecule has 0 saturated carbocycles. The number of carboxylic acid groups (broad SMARTS) is 1. The van der Waals surface area contributed by atoms with Crippen LogP contribution in [0.2, 0.25) is 0 Å². The van der Waals surface area contributed by atoms with E-state index in [0.717, 1.165) is 22.9 Å². The van der Waals surface area contributed by atoms with Crippen LogP contribution in [0.5, 0.6) is 0 Å². The number of hydrogen-bond donors (Lipinski definition) is 2. The third-order valence-electron chi connectivity index (χ3n) is 4.44. The fraction of sp³-hybridized carbons (Fsp3) is 0.526. The Bertz CT molecular complexity index is 749. The molecule has 0 unspecified atom stereocenters. The van der Waals surface area contributed by atoms with E-state index in [0.29, 0.717) is 18.2 Å². The van der Waals surface area contributed by atoms with E-state index in [-0.39, 0.29) is 5.41 Å². The summed E-state index contributed by atoms with van der Waals surface area (Å²) < 4.78 is 2.33. The largest absolute Gasteiger partial charge is 0.478 e. The fourth-order valence-corrected chi connectivity index (χ4v) is 3.43. The highest BCUT2D eigenvalue weighted by Crippen LogP contribution is 2.37. The Balaban J connectivity index is 3.02. The molecule has 0 atom stereocenters. The Kier molecular flexibility index (Phi) is 4.58. The van der Waals surface area contributed by atoms with Gasteiger partial charge in [-0.25, -0.2) is 4.79 Å². The van der Waals surface area contributed by atoms with E-state index >= 15 is 0 Å². The van der Waals surface area contributed by atoms with E-state index < -0.39 is 5.97 Å². The zero-order valence-corrected chi connectivity index (χ0v) is 15.0. The van der Waals surface area contributed by atoms with Gasteiger partial charge in [0.1, 0.15) is 0 Å².